The van der Waals surface area contributed by atoms with Crippen LogP contribution in [0.5, 0.6) is 0 Å². The van der Waals surface area contributed by atoms with Crippen molar-refractivity contribution in [2.24, 2.45) is 16.8 Å². The number of benzene rings is 2. The van der Waals surface area contributed by atoms with Crippen LogP contribution in [0.4, 0.5) is 5.69 Å². The minimum absolute atomic E-state index is 0.0693. The molecule has 0 atom stereocenters. The summed E-state index contributed by atoms with van der Waals surface area (Å²) in [6.07, 6.45) is 3.29. The maximum absolute atomic E-state index is 13.2. The van der Waals surface area contributed by atoms with E-state index in [1.54, 1.807) is 12.3 Å². The molecular weight excluding hydrogens is 412 g/mol. The summed E-state index contributed by atoms with van der Waals surface area (Å²) in [5.41, 5.74) is 6.88. The average molecular weight is 435 g/mol. The summed E-state index contributed by atoms with van der Waals surface area (Å²) in [4.78, 5) is 17.4. The fourth-order valence-electron chi connectivity index (χ4n) is 3.78. The van der Waals surface area contributed by atoms with Crippen molar-refractivity contribution in [2.75, 3.05) is 5.32 Å². The number of amides is 1. The number of carbonyl (C=O) groups is 1. The van der Waals surface area contributed by atoms with Crippen LogP contribution in [0.15, 0.2) is 65.9 Å². The lowest BCUT2D eigenvalue weighted by Gasteiger charge is -2.18. The summed E-state index contributed by atoms with van der Waals surface area (Å²) in [7, 11) is 0. The van der Waals surface area contributed by atoms with E-state index in [-0.39, 0.29) is 5.91 Å². The highest BCUT2D eigenvalue weighted by Gasteiger charge is 2.51. The molecule has 1 aromatic heterocycles. The number of hydrogen-bond donors (Lipinski definition) is 4. The average Bonchev–Trinajstić information content (AvgIpc) is 3.57. The first-order valence-corrected chi connectivity index (χ1v) is 10.2. The normalized spacial score (nSPS) is 14.7. The highest BCUT2D eigenvalue weighted by molar-refractivity contribution is 6.30. The Morgan fingerprint density at radius 3 is 2.61 bits per heavy atom. The first-order chi connectivity index (χ1) is 15.0. The second kappa shape index (κ2) is 8.37. The first-order valence-electron chi connectivity index (χ1n) is 9.86. The molecule has 1 aliphatic rings. The number of rotatable bonds is 5. The lowest BCUT2D eigenvalue weighted by Crippen LogP contribution is -2.33. The van der Waals surface area contributed by atoms with Crippen molar-refractivity contribution in [1.82, 2.24) is 10.4 Å². The quantitative estimate of drug-likeness (QED) is 0.212. The van der Waals surface area contributed by atoms with Crippen molar-refractivity contribution in [3.63, 3.8) is 0 Å². The van der Waals surface area contributed by atoms with Crippen molar-refractivity contribution in [3.8, 4) is 11.1 Å². The maximum Gasteiger partial charge on any atom is 0.235 e. The molecular formula is C23H23ClN6O. The molecule has 1 amide bonds. The Bertz CT molecular complexity index is 1170. The second-order valence-electron chi connectivity index (χ2n) is 7.61. The van der Waals surface area contributed by atoms with Gasteiger partial charge in [0.2, 0.25) is 5.91 Å². The number of pyridine rings is 1. The second-order valence-corrected chi connectivity index (χ2v) is 8.05. The topological polar surface area (TPSA) is 118 Å². The molecule has 31 heavy (non-hydrogen) atoms. The molecule has 0 radical (unpaired) electrons. The number of anilines is 1. The van der Waals surface area contributed by atoms with Gasteiger partial charge in [-0.3, -0.25) is 9.78 Å². The standard InChI is InChI=1S/C23H23ClN6O/c1-14-11-15(7-10-27-14)19-6-5-18(13-20(19)21(29-25)30-26)28-22(31)23(8-9-23)16-3-2-4-17(24)12-16/h2-7,10-13H,8-9,25-26H2,1H3,(H,28,31)(H,29,30). The van der Waals surface area contributed by atoms with Gasteiger partial charge in [-0.15, -0.1) is 0 Å². The molecule has 0 saturated heterocycles. The Hall–Kier alpha value is -3.42. The molecule has 0 aliphatic heterocycles. The van der Waals surface area contributed by atoms with E-state index in [4.69, 9.17) is 23.3 Å². The summed E-state index contributed by atoms with van der Waals surface area (Å²) < 4.78 is 0. The molecule has 2 aromatic carbocycles. The van der Waals surface area contributed by atoms with Crippen LogP contribution >= 0.6 is 11.6 Å². The number of aromatic nitrogens is 1. The van der Waals surface area contributed by atoms with Crippen LogP contribution < -0.4 is 22.4 Å². The molecule has 8 heteroatoms. The molecule has 6 N–H and O–H groups in total. The van der Waals surface area contributed by atoms with Crippen LogP contribution in [0.1, 0.15) is 29.7 Å². The molecule has 4 rings (SSSR count). The van der Waals surface area contributed by atoms with E-state index in [1.165, 1.54) is 0 Å². The van der Waals surface area contributed by atoms with Gasteiger partial charge in [-0.2, -0.15) is 5.10 Å². The first kappa shape index (κ1) is 20.8. The van der Waals surface area contributed by atoms with Gasteiger partial charge in [0.05, 0.1) is 5.41 Å². The summed E-state index contributed by atoms with van der Waals surface area (Å²) in [6, 6.07) is 16.9. The highest BCUT2D eigenvalue weighted by Crippen LogP contribution is 2.49. The van der Waals surface area contributed by atoms with Crippen molar-refractivity contribution in [1.29, 1.82) is 0 Å². The molecule has 0 spiro atoms. The van der Waals surface area contributed by atoms with Crippen molar-refractivity contribution in [2.45, 2.75) is 25.2 Å². The van der Waals surface area contributed by atoms with Gasteiger partial charge in [0.25, 0.3) is 0 Å². The van der Waals surface area contributed by atoms with E-state index in [0.717, 1.165) is 35.2 Å². The molecule has 3 aromatic rings. The molecule has 1 saturated carbocycles. The summed E-state index contributed by atoms with van der Waals surface area (Å²) in [5.74, 6) is 11.4. The number of hydrazine groups is 1. The number of halogens is 1. The van der Waals surface area contributed by atoms with Crippen LogP contribution in [-0.2, 0) is 10.2 Å². The van der Waals surface area contributed by atoms with Crippen LogP contribution in [0, 0.1) is 6.92 Å². The Morgan fingerprint density at radius 2 is 1.97 bits per heavy atom. The third-order valence-electron chi connectivity index (χ3n) is 5.57. The Balaban J connectivity index is 1.68. The van der Waals surface area contributed by atoms with Gasteiger partial charge in [0, 0.05) is 28.2 Å². The van der Waals surface area contributed by atoms with E-state index in [9.17, 15) is 4.79 Å². The van der Waals surface area contributed by atoms with Gasteiger partial charge in [-0.05, 0) is 72.9 Å². The lowest BCUT2D eigenvalue weighted by molar-refractivity contribution is -0.118. The number of nitrogens with two attached hydrogens (primary N) is 2. The largest absolute Gasteiger partial charge is 0.325 e. The molecule has 1 aliphatic carbocycles. The van der Waals surface area contributed by atoms with Gasteiger partial charge in [0.1, 0.15) is 0 Å². The number of aryl methyl sites for hydroxylation is 1. The number of nitrogens with one attached hydrogen (secondary N) is 2. The summed E-state index contributed by atoms with van der Waals surface area (Å²) in [5, 5.41) is 7.42. The maximum atomic E-state index is 13.2. The highest BCUT2D eigenvalue weighted by atomic mass is 35.5. The zero-order chi connectivity index (χ0) is 22.0. The zero-order valence-corrected chi connectivity index (χ0v) is 17.8. The molecule has 1 fully saturated rings. The van der Waals surface area contributed by atoms with Crippen molar-refractivity contribution < 1.29 is 4.79 Å². The van der Waals surface area contributed by atoms with E-state index >= 15 is 0 Å². The predicted molar refractivity (Wildman–Crippen MR) is 123 cm³/mol. The van der Waals surface area contributed by atoms with Crippen molar-refractivity contribution in [3.05, 3.63) is 82.6 Å². The number of hydrazone groups is 1. The minimum atomic E-state index is -0.553. The van der Waals surface area contributed by atoms with Crippen LogP contribution in [0.25, 0.3) is 11.1 Å². The number of amidine groups is 1. The van der Waals surface area contributed by atoms with Gasteiger partial charge >= 0.3 is 0 Å². The molecule has 0 bridgehead atoms. The van der Waals surface area contributed by atoms with E-state index < -0.39 is 5.41 Å². The van der Waals surface area contributed by atoms with Crippen LogP contribution in [0.3, 0.4) is 0 Å². The van der Waals surface area contributed by atoms with Crippen LogP contribution in [-0.4, -0.2) is 16.7 Å². The van der Waals surface area contributed by atoms with E-state index in [0.29, 0.717) is 22.1 Å². The fourth-order valence-corrected chi connectivity index (χ4v) is 3.97. The lowest BCUT2D eigenvalue weighted by atomic mass is 9.94. The smallest absolute Gasteiger partial charge is 0.235 e. The minimum Gasteiger partial charge on any atom is -0.325 e. The van der Waals surface area contributed by atoms with Gasteiger partial charge in [-0.1, -0.05) is 29.8 Å². The Labute approximate surface area is 185 Å². The number of carbonyl (C=O) groups excluding carboxylic acids is 1. The van der Waals surface area contributed by atoms with E-state index in [2.05, 4.69) is 20.8 Å². The Morgan fingerprint density at radius 1 is 1.16 bits per heavy atom. The molecule has 0 unspecified atom stereocenters. The summed E-state index contributed by atoms with van der Waals surface area (Å²) in [6.45, 7) is 1.92. The summed E-state index contributed by atoms with van der Waals surface area (Å²) >= 11 is 6.14. The number of nitrogens with zero attached hydrogens (tertiary/aromatic N) is 2. The van der Waals surface area contributed by atoms with Crippen LogP contribution in [0.2, 0.25) is 5.02 Å². The molecule has 7 nitrogen and oxygen atoms in total. The van der Waals surface area contributed by atoms with Gasteiger partial charge in [-0.25, -0.2) is 5.84 Å². The molecule has 1 heterocycles. The fraction of sp³-hybridized carbons (Fsp3) is 0.174. The SMILES string of the molecule is Cc1cc(-c2ccc(NC(=O)C3(c4cccc(Cl)c4)CC3)cc2/C(=N/N)NN)ccn1. The third-order valence-corrected chi connectivity index (χ3v) is 5.80. The van der Waals surface area contributed by atoms with Gasteiger partial charge < -0.3 is 16.6 Å². The third kappa shape index (κ3) is 4.10. The van der Waals surface area contributed by atoms with Gasteiger partial charge in [0.15, 0.2) is 5.84 Å². The zero-order valence-electron chi connectivity index (χ0n) is 17.0. The number of hydrogen-bond acceptors (Lipinski definition) is 5. The Kier molecular flexibility index (Phi) is 5.63. The monoisotopic (exact) mass is 434 g/mol. The van der Waals surface area contributed by atoms with E-state index in [1.807, 2.05) is 55.5 Å². The predicted octanol–water partition coefficient (Wildman–Crippen LogP) is 3.46. The molecule has 158 valence electrons. The van der Waals surface area contributed by atoms with Crippen molar-refractivity contribution >= 4 is 29.0 Å².